The van der Waals surface area contributed by atoms with E-state index in [0.29, 0.717) is 16.6 Å². The van der Waals surface area contributed by atoms with E-state index >= 15 is 0 Å². The van der Waals surface area contributed by atoms with Crippen molar-refractivity contribution in [3.05, 3.63) is 45.9 Å². The van der Waals surface area contributed by atoms with Crippen LogP contribution in [0, 0.1) is 5.41 Å². The van der Waals surface area contributed by atoms with E-state index in [1.165, 1.54) is 12.1 Å². The molecule has 0 radical (unpaired) electrons. The van der Waals surface area contributed by atoms with Crippen molar-refractivity contribution in [2.24, 2.45) is 5.73 Å². The number of aliphatic carboxylic acids is 2. The smallest absolute Gasteiger partial charge is 0.142 e. The number of phenols is 1. The van der Waals surface area contributed by atoms with Crippen LogP contribution in [0.4, 0.5) is 0 Å². The number of aromatic hydroxyl groups is 1. The number of nitrogens with one attached hydrogen (secondary N) is 2. The van der Waals surface area contributed by atoms with Crippen LogP contribution in [0.3, 0.4) is 0 Å². The van der Waals surface area contributed by atoms with Crippen LogP contribution in [0.2, 0.25) is 0 Å². The summed E-state index contributed by atoms with van der Waals surface area (Å²) in [5.74, 6) is -4.69. The van der Waals surface area contributed by atoms with E-state index in [1.54, 1.807) is 18.2 Å². The second-order valence-corrected chi connectivity index (χ2v) is 6.93. The Morgan fingerprint density at radius 2 is 2.00 bits per heavy atom. The number of carboxylic acids is 2. The zero-order valence-corrected chi connectivity index (χ0v) is 15.7. The minimum Gasteiger partial charge on any atom is -0.550 e. The van der Waals surface area contributed by atoms with Gasteiger partial charge in [-0.25, -0.2) is 4.98 Å². The molecule has 0 bridgehead atoms. The van der Waals surface area contributed by atoms with Gasteiger partial charge in [0.25, 0.3) is 0 Å². The minimum atomic E-state index is -1.58. The lowest BCUT2D eigenvalue weighted by Crippen LogP contribution is -2.34. The summed E-state index contributed by atoms with van der Waals surface area (Å²) >= 11 is 3.14. The van der Waals surface area contributed by atoms with E-state index in [9.17, 15) is 24.9 Å². The number of amidine groups is 1. The molecule has 3 aromatic rings. The summed E-state index contributed by atoms with van der Waals surface area (Å²) in [4.78, 5) is 29.6. The normalized spacial score (nSPS) is 12.0. The topological polar surface area (TPSA) is 179 Å². The first-order valence-electron chi connectivity index (χ1n) is 7.95. The fraction of sp³-hybridized carbons (Fsp3) is 0.111. The molecule has 1 heterocycles. The largest absolute Gasteiger partial charge is 0.550 e. The monoisotopic (exact) mass is 444 g/mol. The van der Waals surface area contributed by atoms with Gasteiger partial charge in [0.1, 0.15) is 17.4 Å². The number of carboxylic acid groups (broad SMARTS) is 2. The van der Waals surface area contributed by atoms with Gasteiger partial charge in [-0.3, -0.25) is 5.41 Å². The highest BCUT2D eigenvalue weighted by atomic mass is 79.9. The van der Waals surface area contributed by atoms with Gasteiger partial charge >= 0.3 is 0 Å². The van der Waals surface area contributed by atoms with Crippen LogP contribution in [-0.2, 0) is 9.59 Å². The molecule has 1 atom stereocenters. The van der Waals surface area contributed by atoms with Gasteiger partial charge in [0.05, 0.1) is 21.1 Å². The Morgan fingerprint density at radius 3 is 2.61 bits per heavy atom. The zero-order valence-electron chi connectivity index (χ0n) is 14.2. The van der Waals surface area contributed by atoms with Crippen LogP contribution in [0.5, 0.6) is 5.75 Å². The maximum atomic E-state index is 11.4. The van der Waals surface area contributed by atoms with Gasteiger partial charge in [-0.15, -0.1) is 0 Å². The number of aromatic nitrogens is 2. The third-order valence-electron chi connectivity index (χ3n) is 4.19. The third kappa shape index (κ3) is 3.67. The molecule has 5 N–H and O–H groups in total. The number of aromatic amines is 1. The van der Waals surface area contributed by atoms with Crippen LogP contribution in [0.25, 0.3) is 22.4 Å². The lowest BCUT2D eigenvalue weighted by molar-refractivity contribution is -0.317. The average molecular weight is 445 g/mol. The zero-order chi connectivity index (χ0) is 20.6. The number of H-pyrrole nitrogens is 1. The number of rotatable bonds is 6. The second kappa shape index (κ2) is 7.31. The molecule has 0 aliphatic carbocycles. The lowest BCUT2D eigenvalue weighted by atomic mass is 9.94. The van der Waals surface area contributed by atoms with E-state index in [-0.39, 0.29) is 33.0 Å². The number of carbonyl (C=O) groups is 2. The molecule has 3 rings (SSSR count). The molecular weight excluding hydrogens is 432 g/mol. The molecule has 144 valence electrons. The van der Waals surface area contributed by atoms with E-state index in [4.69, 9.17) is 11.1 Å². The van der Waals surface area contributed by atoms with Crippen molar-refractivity contribution in [3.8, 4) is 17.1 Å². The number of nitrogen functional groups attached to an aromatic ring is 1. The summed E-state index contributed by atoms with van der Waals surface area (Å²) in [6.45, 7) is 0. The molecule has 0 amide bonds. The third-order valence-corrected chi connectivity index (χ3v) is 4.80. The maximum Gasteiger partial charge on any atom is 0.142 e. The molecular formula is C18H13BrN4O5-2. The van der Waals surface area contributed by atoms with Crippen molar-refractivity contribution >= 4 is 44.7 Å². The fourth-order valence-electron chi connectivity index (χ4n) is 2.81. The second-order valence-electron chi connectivity index (χ2n) is 6.08. The van der Waals surface area contributed by atoms with E-state index < -0.39 is 24.3 Å². The molecule has 1 aromatic heterocycles. The number of phenolic OH excluding ortho intramolecular Hbond substituents is 1. The van der Waals surface area contributed by atoms with Crippen LogP contribution >= 0.6 is 15.9 Å². The molecule has 0 saturated heterocycles. The van der Waals surface area contributed by atoms with Crippen molar-refractivity contribution < 1.29 is 24.9 Å². The first kappa shape index (κ1) is 19.4. The summed E-state index contributed by atoms with van der Waals surface area (Å²) < 4.78 is 0.162. The lowest BCUT2D eigenvalue weighted by Gasteiger charge is -2.20. The molecule has 28 heavy (non-hydrogen) atoms. The Labute approximate surface area is 166 Å². The Kier molecular flexibility index (Phi) is 5.06. The van der Waals surface area contributed by atoms with Crippen LogP contribution < -0.4 is 15.9 Å². The van der Waals surface area contributed by atoms with Crippen LogP contribution in [0.1, 0.15) is 23.5 Å². The van der Waals surface area contributed by atoms with Gasteiger partial charge in [-0.05, 0) is 58.2 Å². The first-order chi connectivity index (χ1) is 13.2. The molecule has 0 aliphatic rings. The molecule has 0 aliphatic heterocycles. The SMILES string of the molecule is N=C(N)c1ccc2nc(-c3cc(C(CC(=O)[O-])C(=O)[O-])cc(Br)c3O)[nH]c2c1. The van der Waals surface area contributed by atoms with Crippen molar-refractivity contribution in [1.82, 2.24) is 9.97 Å². The van der Waals surface area contributed by atoms with Gasteiger partial charge < -0.3 is 35.6 Å². The summed E-state index contributed by atoms with van der Waals surface area (Å²) in [7, 11) is 0. The number of hydrogen-bond donors (Lipinski definition) is 4. The summed E-state index contributed by atoms with van der Waals surface area (Å²) in [5, 5.41) is 40.2. The highest BCUT2D eigenvalue weighted by Crippen LogP contribution is 2.38. The summed E-state index contributed by atoms with van der Waals surface area (Å²) in [5.41, 5.74) is 7.31. The van der Waals surface area contributed by atoms with Crippen molar-refractivity contribution in [1.29, 1.82) is 5.41 Å². The van der Waals surface area contributed by atoms with E-state index in [2.05, 4.69) is 25.9 Å². The predicted octanol–water partition coefficient (Wildman–Crippen LogP) is -0.0444. The van der Waals surface area contributed by atoms with Gasteiger partial charge in [-0.2, -0.15) is 0 Å². The number of imidazole rings is 1. The summed E-state index contributed by atoms with van der Waals surface area (Å²) in [6.07, 6.45) is -0.777. The van der Waals surface area contributed by atoms with Gasteiger partial charge in [0.2, 0.25) is 0 Å². The highest BCUT2D eigenvalue weighted by molar-refractivity contribution is 9.10. The van der Waals surface area contributed by atoms with Crippen LogP contribution in [-0.4, -0.2) is 32.8 Å². The van der Waals surface area contributed by atoms with E-state index in [0.717, 1.165) is 0 Å². The predicted molar refractivity (Wildman–Crippen MR) is 99.3 cm³/mol. The van der Waals surface area contributed by atoms with Crippen molar-refractivity contribution in [2.75, 3.05) is 0 Å². The Hall–Kier alpha value is -3.40. The fourth-order valence-corrected chi connectivity index (χ4v) is 3.29. The molecule has 2 aromatic carbocycles. The molecule has 0 saturated carbocycles. The Morgan fingerprint density at radius 1 is 1.29 bits per heavy atom. The number of nitrogens with two attached hydrogens (primary N) is 1. The number of hydrogen-bond acceptors (Lipinski definition) is 7. The Bertz CT molecular complexity index is 1120. The quantitative estimate of drug-likeness (QED) is 0.303. The van der Waals surface area contributed by atoms with Gasteiger partial charge in [0.15, 0.2) is 0 Å². The standard InChI is InChI=1S/C18H15BrN4O5/c19-11-4-8(9(18(27)28)6-14(24)25)3-10(15(11)26)17-22-12-2-1-7(16(20)21)5-13(12)23-17/h1-5,9,26H,6H2,(H3,20,21)(H,22,23)(H,24,25)(H,27,28)/p-2. The van der Waals surface area contributed by atoms with Gasteiger partial charge in [0, 0.05) is 23.4 Å². The number of benzene rings is 2. The highest BCUT2D eigenvalue weighted by Gasteiger charge is 2.20. The molecule has 9 nitrogen and oxygen atoms in total. The molecule has 0 fully saturated rings. The number of carbonyl (C=O) groups excluding carboxylic acids is 2. The van der Waals surface area contributed by atoms with Crippen molar-refractivity contribution in [3.63, 3.8) is 0 Å². The van der Waals surface area contributed by atoms with Crippen LogP contribution in [0.15, 0.2) is 34.8 Å². The molecule has 1 unspecified atom stereocenters. The molecule has 10 heteroatoms. The summed E-state index contributed by atoms with van der Waals surface area (Å²) in [6, 6.07) is 7.51. The van der Waals surface area contributed by atoms with Gasteiger partial charge in [-0.1, -0.05) is 0 Å². The Balaban J connectivity index is 2.14. The minimum absolute atomic E-state index is 0.105. The number of nitrogens with zero attached hydrogens (tertiary/aromatic N) is 1. The van der Waals surface area contributed by atoms with Crippen molar-refractivity contribution in [2.45, 2.75) is 12.3 Å². The molecule has 0 spiro atoms. The first-order valence-corrected chi connectivity index (χ1v) is 8.74. The average Bonchev–Trinajstić information content (AvgIpc) is 3.04. The van der Waals surface area contributed by atoms with E-state index in [1.807, 2.05) is 0 Å². The maximum absolute atomic E-state index is 11.4. The number of halogens is 1. The number of fused-ring (bicyclic) bond motifs is 1.